The number of aliphatic imine (C=N–C) groups is 3. The standard InChI is InChI=1S/C9H16N5O4P/c1-6(18-5-19(15,16)17)2-14-4-13-7-8(10)11-3-12-9(7)14/h3-4,6-7,9H,2,5H2,1H3,(H2,10,11,12)(H2,15,16,17)/t6-,7?,9?/m1/s1. The van der Waals surface area contributed by atoms with Crippen molar-refractivity contribution in [2.24, 2.45) is 20.7 Å². The van der Waals surface area contributed by atoms with Gasteiger partial charge >= 0.3 is 7.60 Å². The Balaban J connectivity index is 1.88. The third kappa shape index (κ3) is 3.60. The van der Waals surface area contributed by atoms with E-state index in [9.17, 15) is 4.57 Å². The van der Waals surface area contributed by atoms with Crippen LogP contribution in [0.15, 0.2) is 15.0 Å². The van der Waals surface area contributed by atoms with Crippen molar-refractivity contribution in [2.45, 2.75) is 25.2 Å². The molecular formula is C9H16N5O4P. The average molecular weight is 289 g/mol. The predicted molar refractivity (Wildman–Crippen MR) is 70.3 cm³/mol. The number of nitrogens with zero attached hydrogens (tertiary/aromatic N) is 4. The molecule has 19 heavy (non-hydrogen) atoms. The molecule has 106 valence electrons. The van der Waals surface area contributed by atoms with E-state index in [-0.39, 0.29) is 18.3 Å². The average Bonchev–Trinajstić information content (AvgIpc) is 2.71. The molecule has 0 aromatic heterocycles. The van der Waals surface area contributed by atoms with Gasteiger partial charge in [0, 0.05) is 6.54 Å². The minimum Gasteiger partial charge on any atom is -0.385 e. The van der Waals surface area contributed by atoms with Gasteiger partial charge in [0.05, 0.1) is 12.4 Å². The number of fused-ring (bicyclic) bond motifs is 1. The Morgan fingerprint density at radius 2 is 2.32 bits per heavy atom. The number of hydrogen-bond donors (Lipinski definition) is 3. The van der Waals surface area contributed by atoms with Crippen LogP contribution in [0, 0.1) is 0 Å². The van der Waals surface area contributed by atoms with Gasteiger partial charge in [-0.2, -0.15) is 0 Å². The van der Waals surface area contributed by atoms with Crippen molar-refractivity contribution in [3.63, 3.8) is 0 Å². The summed E-state index contributed by atoms with van der Waals surface area (Å²) in [6, 6.07) is -0.293. The lowest BCUT2D eigenvalue weighted by molar-refractivity contribution is 0.0673. The number of amidine groups is 1. The van der Waals surface area contributed by atoms with Crippen LogP contribution in [0.5, 0.6) is 0 Å². The zero-order valence-corrected chi connectivity index (χ0v) is 11.2. The molecule has 2 rings (SSSR count). The first-order valence-electron chi connectivity index (χ1n) is 5.67. The smallest absolute Gasteiger partial charge is 0.350 e. The SMILES string of the molecule is C[C@H](CN1C=NC2C(N)=NC=NC21)OCP(=O)(O)O. The molecule has 2 aliphatic heterocycles. The van der Waals surface area contributed by atoms with Gasteiger partial charge in [-0.25, -0.2) is 9.98 Å². The molecule has 4 N–H and O–H groups in total. The maximum atomic E-state index is 10.7. The molecule has 2 aliphatic rings. The van der Waals surface area contributed by atoms with Crippen molar-refractivity contribution in [1.82, 2.24) is 4.90 Å². The van der Waals surface area contributed by atoms with E-state index in [0.717, 1.165) is 0 Å². The van der Waals surface area contributed by atoms with Crippen LogP contribution < -0.4 is 5.73 Å². The topological polar surface area (TPSA) is 133 Å². The summed E-state index contributed by atoms with van der Waals surface area (Å²) in [5, 5.41) is 0. The molecule has 0 aliphatic carbocycles. The second kappa shape index (κ2) is 5.38. The molecule has 0 radical (unpaired) electrons. The van der Waals surface area contributed by atoms with Crippen molar-refractivity contribution in [1.29, 1.82) is 0 Å². The van der Waals surface area contributed by atoms with E-state index in [1.165, 1.54) is 6.34 Å². The lowest BCUT2D eigenvalue weighted by Gasteiger charge is -2.28. The summed E-state index contributed by atoms with van der Waals surface area (Å²) in [4.78, 5) is 31.6. The highest BCUT2D eigenvalue weighted by molar-refractivity contribution is 7.51. The molecule has 0 aromatic carbocycles. The maximum Gasteiger partial charge on any atom is 0.350 e. The molecule has 0 bridgehead atoms. The van der Waals surface area contributed by atoms with Gasteiger partial charge < -0.3 is 25.2 Å². The highest BCUT2D eigenvalue weighted by Crippen LogP contribution is 2.34. The minimum absolute atomic E-state index is 0.251. The van der Waals surface area contributed by atoms with Crippen molar-refractivity contribution < 1.29 is 19.1 Å². The highest BCUT2D eigenvalue weighted by Gasteiger charge is 2.35. The summed E-state index contributed by atoms with van der Waals surface area (Å²) in [5.74, 6) is 0.405. The van der Waals surface area contributed by atoms with Crippen LogP contribution in [0.4, 0.5) is 0 Å². The van der Waals surface area contributed by atoms with Gasteiger partial charge in [-0.3, -0.25) is 9.56 Å². The van der Waals surface area contributed by atoms with E-state index in [1.54, 1.807) is 13.3 Å². The molecule has 0 saturated heterocycles. The molecule has 2 unspecified atom stereocenters. The molecule has 0 saturated carbocycles. The van der Waals surface area contributed by atoms with Crippen LogP contribution in [0.2, 0.25) is 0 Å². The monoisotopic (exact) mass is 289 g/mol. The third-order valence-corrected chi connectivity index (χ3v) is 3.21. The van der Waals surface area contributed by atoms with E-state index in [2.05, 4.69) is 15.0 Å². The molecule has 10 heteroatoms. The Morgan fingerprint density at radius 3 is 3.00 bits per heavy atom. The zero-order valence-electron chi connectivity index (χ0n) is 10.3. The van der Waals surface area contributed by atoms with Gasteiger partial charge in [0.1, 0.15) is 24.6 Å². The number of ether oxygens (including phenoxy) is 1. The van der Waals surface area contributed by atoms with Gasteiger partial charge in [-0.1, -0.05) is 0 Å². The van der Waals surface area contributed by atoms with Crippen LogP contribution in [0.3, 0.4) is 0 Å². The van der Waals surface area contributed by atoms with Gasteiger partial charge in [0.2, 0.25) is 0 Å². The van der Waals surface area contributed by atoms with Crippen molar-refractivity contribution in [2.75, 3.05) is 12.9 Å². The molecule has 2 heterocycles. The highest BCUT2D eigenvalue weighted by atomic mass is 31.2. The number of hydrogen-bond acceptors (Lipinski definition) is 7. The molecule has 0 fully saturated rings. The first-order valence-corrected chi connectivity index (χ1v) is 7.46. The molecule has 0 spiro atoms. The molecule has 3 atom stereocenters. The van der Waals surface area contributed by atoms with Gasteiger partial charge in [-0.05, 0) is 6.92 Å². The van der Waals surface area contributed by atoms with Gasteiger partial charge in [-0.15, -0.1) is 0 Å². The lowest BCUT2D eigenvalue weighted by Crippen LogP contribution is -2.45. The Hall–Kier alpha value is -1.28. The first-order chi connectivity index (χ1) is 8.87. The Bertz CT molecular complexity index is 473. The maximum absolute atomic E-state index is 10.7. The number of nitrogens with two attached hydrogens (primary N) is 1. The van der Waals surface area contributed by atoms with Crippen LogP contribution in [0.1, 0.15) is 6.92 Å². The van der Waals surface area contributed by atoms with Crippen molar-refractivity contribution in [3.8, 4) is 0 Å². The Labute approximate surface area is 110 Å². The van der Waals surface area contributed by atoms with Gasteiger partial charge in [0.15, 0.2) is 6.17 Å². The fourth-order valence-electron chi connectivity index (χ4n) is 1.85. The van der Waals surface area contributed by atoms with E-state index in [0.29, 0.717) is 12.4 Å². The van der Waals surface area contributed by atoms with E-state index >= 15 is 0 Å². The predicted octanol–water partition coefficient (Wildman–Crippen LogP) is -1.04. The third-order valence-electron chi connectivity index (χ3n) is 2.72. The van der Waals surface area contributed by atoms with Crippen molar-refractivity contribution >= 4 is 26.1 Å². The largest absolute Gasteiger partial charge is 0.385 e. The molecule has 0 aromatic rings. The molecule has 0 amide bonds. The second-order valence-corrected chi connectivity index (χ2v) is 6.00. The number of rotatable bonds is 5. The molecule has 9 nitrogen and oxygen atoms in total. The Kier molecular flexibility index (Phi) is 4.00. The van der Waals surface area contributed by atoms with E-state index in [4.69, 9.17) is 20.3 Å². The van der Waals surface area contributed by atoms with Crippen LogP contribution in [-0.2, 0) is 9.30 Å². The van der Waals surface area contributed by atoms with Gasteiger partial charge in [0.25, 0.3) is 0 Å². The summed E-state index contributed by atoms with van der Waals surface area (Å²) in [5.41, 5.74) is 5.71. The summed E-state index contributed by atoms with van der Waals surface area (Å²) in [6.45, 7) is 2.14. The summed E-state index contributed by atoms with van der Waals surface area (Å²) in [6.07, 6.45) is 1.78. The zero-order chi connectivity index (χ0) is 14.0. The van der Waals surface area contributed by atoms with E-state index < -0.39 is 13.9 Å². The fourth-order valence-corrected chi connectivity index (χ4v) is 2.30. The first kappa shape index (κ1) is 14.1. The van der Waals surface area contributed by atoms with Crippen LogP contribution in [-0.4, -0.2) is 64.4 Å². The normalized spacial score (nSPS) is 27.3. The quantitative estimate of drug-likeness (QED) is 0.554. The van der Waals surface area contributed by atoms with Crippen molar-refractivity contribution in [3.05, 3.63) is 0 Å². The summed E-state index contributed by atoms with van der Waals surface area (Å²) in [7, 11) is -4.15. The summed E-state index contributed by atoms with van der Waals surface area (Å²) < 4.78 is 15.8. The minimum atomic E-state index is -4.15. The van der Waals surface area contributed by atoms with Crippen LogP contribution in [0.25, 0.3) is 0 Å². The lowest BCUT2D eigenvalue weighted by atomic mass is 10.2. The second-order valence-electron chi connectivity index (χ2n) is 4.41. The summed E-state index contributed by atoms with van der Waals surface area (Å²) >= 11 is 0. The Morgan fingerprint density at radius 1 is 1.58 bits per heavy atom. The fraction of sp³-hybridized carbons (Fsp3) is 0.667. The molecular weight excluding hydrogens is 273 g/mol. The van der Waals surface area contributed by atoms with E-state index in [1.807, 2.05) is 4.90 Å². The van der Waals surface area contributed by atoms with Crippen LogP contribution >= 0.6 is 7.60 Å².